The van der Waals surface area contributed by atoms with Crippen molar-refractivity contribution in [3.05, 3.63) is 23.0 Å². The third-order valence-electron chi connectivity index (χ3n) is 1.60. The molecule has 1 aromatic rings. The average Bonchev–Trinajstić information content (AvgIpc) is 1.99. The fraction of sp³-hybridized carbons (Fsp3) is 0.250. The molecule has 0 unspecified atom stereocenters. The Labute approximate surface area is 65.2 Å². The van der Waals surface area contributed by atoms with Crippen molar-refractivity contribution in [2.24, 2.45) is 0 Å². The summed E-state index contributed by atoms with van der Waals surface area (Å²) in [7, 11) is 0. The topological polar surface area (TPSA) is 56.0 Å². The van der Waals surface area contributed by atoms with Crippen LogP contribution < -0.4 is 5.73 Å². The van der Waals surface area contributed by atoms with Crippen molar-refractivity contribution in [3.63, 3.8) is 0 Å². The third kappa shape index (κ3) is 1.37. The number of carbonyl (C=O) groups is 1. The van der Waals surface area contributed by atoms with Crippen LogP contribution in [-0.2, 0) is 0 Å². The van der Waals surface area contributed by atoms with E-state index in [0.29, 0.717) is 17.1 Å². The lowest BCUT2D eigenvalue weighted by molar-refractivity contribution is 0.111. The van der Waals surface area contributed by atoms with Gasteiger partial charge in [-0.05, 0) is 25.5 Å². The van der Waals surface area contributed by atoms with E-state index in [-0.39, 0.29) is 0 Å². The van der Waals surface area contributed by atoms with Gasteiger partial charge in [0.1, 0.15) is 5.69 Å². The fourth-order valence-electron chi connectivity index (χ4n) is 0.931. The summed E-state index contributed by atoms with van der Waals surface area (Å²) < 4.78 is 0. The maximum absolute atomic E-state index is 10.3. The highest BCUT2D eigenvalue weighted by Gasteiger charge is 2.01. The van der Waals surface area contributed by atoms with Gasteiger partial charge in [-0.2, -0.15) is 0 Å². The van der Waals surface area contributed by atoms with Gasteiger partial charge in [0, 0.05) is 0 Å². The minimum Gasteiger partial charge on any atom is -0.397 e. The van der Waals surface area contributed by atoms with Crippen LogP contribution in [0.5, 0.6) is 0 Å². The SMILES string of the molecule is Cc1cc(C=O)nc(C)c1N. The van der Waals surface area contributed by atoms with Crippen molar-refractivity contribution in [2.45, 2.75) is 13.8 Å². The Bertz CT molecular complexity index is 271. The maximum Gasteiger partial charge on any atom is 0.168 e. The Balaban J connectivity index is 3.31. The predicted molar refractivity (Wildman–Crippen MR) is 43.5 cm³/mol. The van der Waals surface area contributed by atoms with Gasteiger partial charge in [0.2, 0.25) is 0 Å². The van der Waals surface area contributed by atoms with Gasteiger partial charge in [0.15, 0.2) is 6.29 Å². The Hall–Kier alpha value is -1.38. The standard InChI is InChI=1S/C8H10N2O/c1-5-3-7(4-11)10-6(2)8(5)9/h3-4H,9H2,1-2H3. The molecule has 1 aromatic heterocycles. The van der Waals surface area contributed by atoms with E-state index in [1.54, 1.807) is 13.0 Å². The van der Waals surface area contributed by atoms with Gasteiger partial charge in [-0.25, -0.2) is 4.98 Å². The number of nitrogen functional groups attached to an aromatic ring is 1. The zero-order chi connectivity index (χ0) is 8.43. The van der Waals surface area contributed by atoms with Crippen LogP contribution in [0.25, 0.3) is 0 Å². The van der Waals surface area contributed by atoms with Crippen LogP contribution in [0.4, 0.5) is 5.69 Å². The van der Waals surface area contributed by atoms with Crippen molar-refractivity contribution in [1.29, 1.82) is 0 Å². The van der Waals surface area contributed by atoms with E-state index in [4.69, 9.17) is 5.73 Å². The van der Waals surface area contributed by atoms with Gasteiger partial charge in [-0.3, -0.25) is 4.79 Å². The molecule has 0 aliphatic rings. The number of hydrogen-bond donors (Lipinski definition) is 1. The van der Waals surface area contributed by atoms with Gasteiger partial charge in [0.05, 0.1) is 11.4 Å². The highest BCUT2D eigenvalue weighted by atomic mass is 16.1. The van der Waals surface area contributed by atoms with Gasteiger partial charge >= 0.3 is 0 Å². The molecule has 0 aliphatic heterocycles. The second kappa shape index (κ2) is 2.70. The van der Waals surface area contributed by atoms with E-state index in [0.717, 1.165) is 11.8 Å². The summed E-state index contributed by atoms with van der Waals surface area (Å²) in [6.45, 7) is 3.65. The molecule has 0 aliphatic carbocycles. The first-order chi connectivity index (χ1) is 5.15. The first-order valence-corrected chi connectivity index (χ1v) is 3.34. The Morgan fingerprint density at radius 1 is 1.55 bits per heavy atom. The van der Waals surface area contributed by atoms with Crippen molar-refractivity contribution >= 4 is 12.0 Å². The van der Waals surface area contributed by atoms with Crippen LogP contribution in [0.15, 0.2) is 6.07 Å². The molecule has 0 aromatic carbocycles. The monoisotopic (exact) mass is 150 g/mol. The second-order valence-electron chi connectivity index (χ2n) is 2.48. The molecule has 3 nitrogen and oxygen atoms in total. The molecule has 0 fully saturated rings. The number of carbonyl (C=O) groups excluding carboxylic acids is 1. The molecule has 0 radical (unpaired) electrons. The quantitative estimate of drug-likeness (QED) is 0.610. The summed E-state index contributed by atoms with van der Waals surface area (Å²) in [5.74, 6) is 0. The summed E-state index contributed by atoms with van der Waals surface area (Å²) in [5, 5.41) is 0. The van der Waals surface area contributed by atoms with Crippen LogP contribution in [0.3, 0.4) is 0 Å². The molecule has 0 atom stereocenters. The lowest BCUT2D eigenvalue weighted by Crippen LogP contribution is -1.99. The van der Waals surface area contributed by atoms with Crippen molar-refractivity contribution in [3.8, 4) is 0 Å². The summed E-state index contributed by atoms with van der Waals surface area (Å²) in [6.07, 6.45) is 0.722. The lowest BCUT2D eigenvalue weighted by Gasteiger charge is -2.02. The number of hydrogen-bond acceptors (Lipinski definition) is 3. The summed E-state index contributed by atoms with van der Waals surface area (Å²) in [4.78, 5) is 14.3. The number of aromatic nitrogens is 1. The largest absolute Gasteiger partial charge is 0.397 e. The molecule has 1 rings (SSSR count). The van der Waals surface area contributed by atoms with Gasteiger partial charge in [0.25, 0.3) is 0 Å². The number of anilines is 1. The van der Waals surface area contributed by atoms with Crippen LogP contribution in [0.1, 0.15) is 21.7 Å². The molecular formula is C8H10N2O. The van der Waals surface area contributed by atoms with Gasteiger partial charge in [-0.1, -0.05) is 0 Å². The van der Waals surface area contributed by atoms with Crippen molar-refractivity contribution in [2.75, 3.05) is 5.73 Å². The molecule has 0 saturated carbocycles. The maximum atomic E-state index is 10.3. The van der Waals surface area contributed by atoms with Crippen molar-refractivity contribution in [1.82, 2.24) is 4.98 Å². The molecule has 11 heavy (non-hydrogen) atoms. The van der Waals surface area contributed by atoms with E-state index in [2.05, 4.69) is 4.98 Å². The van der Waals surface area contributed by atoms with E-state index in [1.165, 1.54) is 0 Å². The summed E-state index contributed by atoms with van der Waals surface area (Å²) in [6, 6.07) is 1.68. The number of aryl methyl sites for hydroxylation is 2. The molecule has 0 saturated heterocycles. The van der Waals surface area contributed by atoms with Crippen LogP contribution in [0.2, 0.25) is 0 Å². The minimum absolute atomic E-state index is 0.439. The average molecular weight is 150 g/mol. The summed E-state index contributed by atoms with van der Waals surface area (Å²) in [5.41, 5.74) is 8.35. The van der Waals surface area contributed by atoms with Gasteiger partial charge < -0.3 is 5.73 Å². The first-order valence-electron chi connectivity index (χ1n) is 3.34. The second-order valence-corrected chi connectivity index (χ2v) is 2.48. The predicted octanol–water partition coefficient (Wildman–Crippen LogP) is 1.09. The Kier molecular flexibility index (Phi) is 1.89. The van der Waals surface area contributed by atoms with Crippen molar-refractivity contribution < 1.29 is 4.79 Å². The molecule has 0 bridgehead atoms. The molecule has 0 amide bonds. The number of nitrogens with zero attached hydrogens (tertiary/aromatic N) is 1. The molecule has 0 spiro atoms. The normalized spacial score (nSPS) is 9.64. The van der Waals surface area contributed by atoms with Crippen LogP contribution in [-0.4, -0.2) is 11.3 Å². The Morgan fingerprint density at radius 2 is 2.18 bits per heavy atom. The molecular weight excluding hydrogens is 140 g/mol. The van der Waals surface area contributed by atoms with Gasteiger partial charge in [-0.15, -0.1) is 0 Å². The summed E-state index contributed by atoms with van der Waals surface area (Å²) >= 11 is 0. The number of nitrogens with two attached hydrogens (primary N) is 1. The molecule has 2 N–H and O–H groups in total. The van der Waals surface area contributed by atoms with Crippen LogP contribution in [0, 0.1) is 13.8 Å². The molecule has 1 heterocycles. The molecule has 3 heteroatoms. The van der Waals surface area contributed by atoms with E-state index < -0.39 is 0 Å². The number of pyridine rings is 1. The lowest BCUT2D eigenvalue weighted by atomic mass is 10.2. The van der Waals surface area contributed by atoms with E-state index in [9.17, 15) is 4.79 Å². The highest BCUT2D eigenvalue weighted by Crippen LogP contribution is 2.13. The smallest absolute Gasteiger partial charge is 0.168 e. The fourth-order valence-corrected chi connectivity index (χ4v) is 0.931. The van der Waals surface area contributed by atoms with Crippen LogP contribution >= 0.6 is 0 Å². The zero-order valence-corrected chi connectivity index (χ0v) is 6.59. The van der Waals surface area contributed by atoms with E-state index in [1.807, 2.05) is 6.92 Å². The highest BCUT2D eigenvalue weighted by molar-refractivity contribution is 5.73. The Morgan fingerprint density at radius 3 is 2.64 bits per heavy atom. The number of aldehydes is 1. The zero-order valence-electron chi connectivity index (χ0n) is 6.59. The minimum atomic E-state index is 0.439. The molecule has 58 valence electrons. The third-order valence-corrected chi connectivity index (χ3v) is 1.60. The first kappa shape index (κ1) is 7.72. The number of rotatable bonds is 1. The van der Waals surface area contributed by atoms with E-state index >= 15 is 0 Å².